The van der Waals surface area contributed by atoms with Crippen LogP contribution < -0.4 is 9.47 Å². The number of ether oxygens (including phenoxy) is 2. The van der Waals surface area contributed by atoms with Gasteiger partial charge in [0.1, 0.15) is 11.5 Å². The van der Waals surface area contributed by atoms with Crippen molar-refractivity contribution in [3.8, 4) is 89.4 Å². The van der Waals surface area contributed by atoms with Crippen molar-refractivity contribution < 1.29 is 9.47 Å². The third-order valence-electron chi connectivity index (χ3n) is 17.4. The fraction of sp³-hybridized carbons (Fsp3) is 0.190. The van der Waals surface area contributed by atoms with E-state index in [2.05, 4.69) is 258 Å². The first kappa shape index (κ1) is 51.7. The van der Waals surface area contributed by atoms with Gasteiger partial charge in [-0.2, -0.15) is 0 Å². The monoisotopic (exact) mass is 1050 g/mol. The van der Waals surface area contributed by atoms with Crippen molar-refractivity contribution in [2.75, 3.05) is 13.2 Å². The van der Waals surface area contributed by atoms with E-state index >= 15 is 0 Å². The Morgan fingerprint density at radius 3 is 0.827 bits per heavy atom. The van der Waals surface area contributed by atoms with Gasteiger partial charge in [-0.05, 0) is 181 Å². The summed E-state index contributed by atoms with van der Waals surface area (Å²) in [4.78, 5) is 0. The highest BCUT2D eigenvalue weighted by atomic mass is 16.5. The molecule has 0 amide bonds. The number of unbranched alkanes of at least 4 members (excludes halogenated alkanes) is 6. The molecule has 0 fully saturated rings. The first-order valence-electron chi connectivity index (χ1n) is 29.7. The lowest BCUT2D eigenvalue weighted by Gasteiger charge is -2.24. The van der Waals surface area contributed by atoms with Crippen LogP contribution in [0.5, 0.6) is 11.5 Å². The van der Waals surface area contributed by atoms with Gasteiger partial charge in [0.05, 0.1) is 13.2 Å². The summed E-state index contributed by atoms with van der Waals surface area (Å²) in [5.41, 5.74) is 19.9. The predicted molar refractivity (Wildman–Crippen MR) is 346 cm³/mol. The Hall–Kier alpha value is -8.72. The van der Waals surface area contributed by atoms with Crippen LogP contribution in [0.4, 0.5) is 0 Å². The zero-order valence-electron chi connectivity index (χ0n) is 47.3. The van der Waals surface area contributed by atoms with Crippen LogP contribution in [0.3, 0.4) is 0 Å². The summed E-state index contributed by atoms with van der Waals surface area (Å²) >= 11 is 0. The molecule has 0 unspecified atom stereocenters. The Kier molecular flexibility index (Phi) is 14.3. The molecule has 0 aromatic heterocycles. The van der Waals surface area contributed by atoms with Crippen molar-refractivity contribution >= 4 is 43.1 Å². The van der Waals surface area contributed by atoms with E-state index < -0.39 is 0 Å². The molecule has 0 atom stereocenters. The molecule has 1 aliphatic rings. The van der Waals surface area contributed by atoms with Crippen molar-refractivity contribution in [2.45, 2.75) is 84.5 Å². The Bertz CT molecular complexity index is 3850. The van der Waals surface area contributed by atoms with Crippen molar-refractivity contribution in [2.24, 2.45) is 0 Å². The summed E-state index contributed by atoms with van der Waals surface area (Å²) in [5, 5.41) is 10.1. The lowest BCUT2D eigenvalue weighted by atomic mass is 9.79. The number of hydrogen-bond donors (Lipinski definition) is 0. The van der Waals surface area contributed by atoms with Crippen LogP contribution >= 0.6 is 0 Å². The molecule has 0 radical (unpaired) electrons. The molecule has 13 rings (SSSR count). The standard InChI is InChI=1S/C79H70O2/c1-5-7-9-19-49-80-61-43-37-55(38-44-61)53-29-33-57(34-30-53)75-65-21-11-15-25-69(65)77(70-26-16-12-22-66(70)75)59-41-47-63-64-48-42-60(52-74(64)79(3,4)73(63)51-59)78-71-27-17-13-23-67(71)76(68-24-14-18-28-72(68)78)58-35-31-54(32-36-58)56-39-45-62(46-40-56)81-50-20-10-8-6-2/h11-18,21-48,51-52H,5-10,19-20,49-50H2,1-4H3. The lowest BCUT2D eigenvalue weighted by molar-refractivity contribution is 0.305. The van der Waals surface area contributed by atoms with Gasteiger partial charge in [0.15, 0.2) is 0 Å². The van der Waals surface area contributed by atoms with E-state index in [4.69, 9.17) is 9.47 Å². The highest BCUT2D eigenvalue weighted by Crippen LogP contribution is 2.54. The Balaban J connectivity index is 0.822. The molecule has 0 N–H and O–H groups in total. The maximum absolute atomic E-state index is 6.07. The quantitative estimate of drug-likeness (QED) is 0.0630. The van der Waals surface area contributed by atoms with Crippen molar-refractivity contribution in [1.82, 2.24) is 0 Å². The number of hydrogen-bond acceptors (Lipinski definition) is 2. The van der Waals surface area contributed by atoms with Crippen LogP contribution in [0.1, 0.15) is 90.2 Å². The van der Waals surface area contributed by atoms with Crippen molar-refractivity contribution in [3.63, 3.8) is 0 Å². The second-order valence-electron chi connectivity index (χ2n) is 22.8. The lowest BCUT2D eigenvalue weighted by Crippen LogP contribution is -2.15. The van der Waals surface area contributed by atoms with E-state index in [1.807, 2.05) is 0 Å². The number of benzene rings is 12. The number of fused-ring (bicyclic) bond motifs is 7. The molecule has 2 nitrogen and oxygen atoms in total. The van der Waals surface area contributed by atoms with Crippen LogP contribution in [-0.2, 0) is 5.41 Å². The van der Waals surface area contributed by atoms with Crippen molar-refractivity contribution in [1.29, 1.82) is 0 Å². The molecule has 12 aromatic carbocycles. The molecule has 0 spiro atoms. The van der Waals surface area contributed by atoms with E-state index in [0.29, 0.717) is 0 Å². The van der Waals surface area contributed by atoms with Gasteiger partial charge in [0, 0.05) is 5.41 Å². The smallest absolute Gasteiger partial charge is 0.119 e. The third-order valence-corrected chi connectivity index (χ3v) is 17.4. The zero-order chi connectivity index (χ0) is 54.9. The van der Waals surface area contributed by atoms with Gasteiger partial charge in [0.2, 0.25) is 0 Å². The summed E-state index contributed by atoms with van der Waals surface area (Å²) in [7, 11) is 0. The van der Waals surface area contributed by atoms with E-state index in [-0.39, 0.29) is 5.41 Å². The Morgan fingerprint density at radius 1 is 0.272 bits per heavy atom. The Labute approximate surface area is 478 Å². The molecule has 1 aliphatic carbocycles. The summed E-state index contributed by atoms with van der Waals surface area (Å²) < 4.78 is 12.1. The van der Waals surface area contributed by atoms with Crippen LogP contribution in [0.15, 0.2) is 231 Å². The molecular weight excluding hydrogens is 981 g/mol. The summed E-state index contributed by atoms with van der Waals surface area (Å²) in [6.45, 7) is 10.9. The van der Waals surface area contributed by atoms with E-state index in [9.17, 15) is 0 Å². The van der Waals surface area contributed by atoms with Gasteiger partial charge in [-0.1, -0.05) is 260 Å². The van der Waals surface area contributed by atoms with E-state index in [0.717, 1.165) is 37.6 Å². The average Bonchev–Trinajstić information content (AvgIpc) is 3.77. The van der Waals surface area contributed by atoms with Gasteiger partial charge in [0.25, 0.3) is 0 Å². The molecular formula is C79H70O2. The molecule has 0 saturated heterocycles. The van der Waals surface area contributed by atoms with Gasteiger partial charge in [-0.3, -0.25) is 0 Å². The van der Waals surface area contributed by atoms with Crippen LogP contribution in [0.2, 0.25) is 0 Å². The molecule has 0 saturated carbocycles. The average molecular weight is 1050 g/mol. The fourth-order valence-electron chi connectivity index (χ4n) is 13.1. The largest absolute Gasteiger partial charge is 0.494 e. The number of rotatable bonds is 18. The molecule has 0 bridgehead atoms. The second-order valence-corrected chi connectivity index (χ2v) is 22.8. The van der Waals surface area contributed by atoms with Gasteiger partial charge >= 0.3 is 0 Å². The molecule has 398 valence electrons. The predicted octanol–water partition coefficient (Wildman–Crippen LogP) is 22.5. The minimum Gasteiger partial charge on any atom is -0.494 e. The highest BCUT2D eigenvalue weighted by Gasteiger charge is 2.36. The third kappa shape index (κ3) is 9.75. The molecule has 2 heteroatoms. The Morgan fingerprint density at radius 2 is 0.531 bits per heavy atom. The normalized spacial score (nSPS) is 12.5. The second kappa shape index (κ2) is 22.4. The van der Waals surface area contributed by atoms with Gasteiger partial charge in [-0.25, -0.2) is 0 Å². The van der Waals surface area contributed by atoms with E-state index in [1.165, 1.54) is 171 Å². The first-order chi connectivity index (χ1) is 39.9. The molecule has 0 aliphatic heterocycles. The highest BCUT2D eigenvalue weighted by molar-refractivity contribution is 6.23. The van der Waals surface area contributed by atoms with Crippen molar-refractivity contribution in [3.05, 3.63) is 242 Å². The minimum absolute atomic E-state index is 0.250. The summed E-state index contributed by atoms with van der Waals surface area (Å²) in [5.74, 6) is 1.87. The maximum Gasteiger partial charge on any atom is 0.119 e. The van der Waals surface area contributed by atoms with Crippen LogP contribution in [0, 0.1) is 0 Å². The van der Waals surface area contributed by atoms with Gasteiger partial charge in [-0.15, -0.1) is 0 Å². The van der Waals surface area contributed by atoms with Gasteiger partial charge < -0.3 is 9.47 Å². The SMILES string of the molecule is CCCCCCOc1ccc(-c2ccc(-c3c4ccccc4c(-c4ccc5c(c4)C(C)(C)c4cc(-c6c7ccccc7c(-c7ccc(-c8ccc(OCCCCCC)cc8)cc7)c7ccccc67)ccc4-5)c4ccccc34)cc2)cc1. The maximum atomic E-state index is 6.07. The summed E-state index contributed by atoms with van der Waals surface area (Å²) in [6, 6.07) is 86.1. The minimum atomic E-state index is -0.250. The van der Waals surface area contributed by atoms with Crippen LogP contribution in [-0.4, -0.2) is 13.2 Å². The molecule has 0 heterocycles. The summed E-state index contributed by atoms with van der Waals surface area (Å²) in [6.07, 6.45) is 9.63. The first-order valence-corrected chi connectivity index (χ1v) is 29.7. The fourth-order valence-corrected chi connectivity index (χ4v) is 13.1. The molecule has 12 aromatic rings. The van der Waals surface area contributed by atoms with Crippen LogP contribution in [0.25, 0.3) is 121 Å². The zero-order valence-corrected chi connectivity index (χ0v) is 47.3. The van der Waals surface area contributed by atoms with E-state index in [1.54, 1.807) is 0 Å². The topological polar surface area (TPSA) is 18.5 Å². The molecule has 81 heavy (non-hydrogen) atoms.